The number of amides is 1. The lowest BCUT2D eigenvalue weighted by molar-refractivity contribution is -0.123. The molecule has 0 aliphatic rings. The fraction of sp³-hybridized carbons (Fsp3) is 0.133. The average molecular weight is 339 g/mol. The van der Waals surface area contributed by atoms with Gasteiger partial charge in [-0.05, 0) is 37.3 Å². The number of aromatic nitrogens is 1. The van der Waals surface area contributed by atoms with Crippen LogP contribution >= 0.6 is 23.2 Å². The average Bonchev–Trinajstić information content (AvgIpc) is 2.46. The number of carbonyl (C=O) groups excluding carboxylic acids is 2. The minimum atomic E-state index is -0.974. The predicted molar refractivity (Wildman–Crippen MR) is 84.2 cm³/mol. The Kier molecular flexibility index (Phi) is 5.35. The van der Waals surface area contributed by atoms with Crippen molar-refractivity contribution in [3.8, 4) is 0 Å². The number of carbonyl (C=O) groups is 2. The second-order valence-electron chi connectivity index (χ2n) is 4.43. The number of ether oxygens (including phenoxy) is 1. The van der Waals surface area contributed by atoms with Crippen molar-refractivity contribution in [2.24, 2.45) is 0 Å². The molecule has 114 valence electrons. The molecule has 0 radical (unpaired) electrons. The minimum absolute atomic E-state index is 0.320. The molecule has 0 aliphatic heterocycles. The van der Waals surface area contributed by atoms with E-state index in [0.29, 0.717) is 21.3 Å². The van der Waals surface area contributed by atoms with Crippen LogP contribution in [-0.4, -0.2) is 23.0 Å². The SMILES string of the molecule is C[C@@H](OC(=O)c1ccncc1)C(=O)Nc1cc(Cl)cc(Cl)c1. The third-order valence-electron chi connectivity index (χ3n) is 2.70. The van der Waals surface area contributed by atoms with Crippen LogP contribution in [0.3, 0.4) is 0 Å². The maximum atomic E-state index is 12.0. The molecule has 1 amide bonds. The van der Waals surface area contributed by atoms with Crippen LogP contribution in [-0.2, 0) is 9.53 Å². The van der Waals surface area contributed by atoms with E-state index >= 15 is 0 Å². The van der Waals surface area contributed by atoms with Crippen molar-refractivity contribution in [2.75, 3.05) is 5.32 Å². The van der Waals surface area contributed by atoms with E-state index in [9.17, 15) is 9.59 Å². The van der Waals surface area contributed by atoms with Gasteiger partial charge in [-0.1, -0.05) is 23.2 Å². The summed E-state index contributed by atoms with van der Waals surface area (Å²) in [6, 6.07) is 7.64. The first-order chi connectivity index (χ1) is 10.5. The molecular weight excluding hydrogens is 327 g/mol. The zero-order valence-electron chi connectivity index (χ0n) is 11.5. The molecule has 0 saturated carbocycles. The van der Waals surface area contributed by atoms with Crippen LogP contribution in [0.25, 0.3) is 0 Å². The Morgan fingerprint density at radius 3 is 2.32 bits per heavy atom. The smallest absolute Gasteiger partial charge is 0.339 e. The van der Waals surface area contributed by atoms with Gasteiger partial charge in [0.15, 0.2) is 6.10 Å². The number of pyridine rings is 1. The number of rotatable bonds is 4. The van der Waals surface area contributed by atoms with E-state index in [0.717, 1.165) is 0 Å². The van der Waals surface area contributed by atoms with Crippen molar-refractivity contribution in [2.45, 2.75) is 13.0 Å². The van der Waals surface area contributed by atoms with Crippen molar-refractivity contribution in [1.29, 1.82) is 0 Å². The van der Waals surface area contributed by atoms with E-state index in [1.54, 1.807) is 18.2 Å². The Balaban J connectivity index is 1.99. The lowest BCUT2D eigenvalue weighted by Gasteiger charge is -2.13. The second-order valence-corrected chi connectivity index (χ2v) is 5.30. The lowest BCUT2D eigenvalue weighted by atomic mass is 10.2. The van der Waals surface area contributed by atoms with Gasteiger partial charge in [0.2, 0.25) is 0 Å². The van der Waals surface area contributed by atoms with E-state index in [-0.39, 0.29) is 0 Å². The van der Waals surface area contributed by atoms with Crippen LogP contribution in [0, 0.1) is 0 Å². The summed E-state index contributed by atoms with van der Waals surface area (Å²) in [6.07, 6.45) is 1.96. The summed E-state index contributed by atoms with van der Waals surface area (Å²) < 4.78 is 5.09. The van der Waals surface area contributed by atoms with E-state index in [2.05, 4.69) is 10.3 Å². The first-order valence-electron chi connectivity index (χ1n) is 6.33. The molecule has 2 rings (SSSR count). The molecule has 1 heterocycles. The Bertz CT molecular complexity index is 672. The summed E-state index contributed by atoms with van der Waals surface area (Å²) in [6.45, 7) is 1.47. The molecule has 1 N–H and O–H groups in total. The van der Waals surface area contributed by atoms with Gasteiger partial charge in [-0.15, -0.1) is 0 Å². The first-order valence-corrected chi connectivity index (χ1v) is 7.09. The highest BCUT2D eigenvalue weighted by Gasteiger charge is 2.19. The van der Waals surface area contributed by atoms with Crippen LogP contribution in [0.2, 0.25) is 10.0 Å². The van der Waals surface area contributed by atoms with E-state index in [1.165, 1.54) is 31.5 Å². The molecule has 0 saturated heterocycles. The van der Waals surface area contributed by atoms with Gasteiger partial charge >= 0.3 is 5.97 Å². The maximum Gasteiger partial charge on any atom is 0.339 e. The summed E-state index contributed by atoms with van der Waals surface area (Å²) in [5.41, 5.74) is 0.745. The van der Waals surface area contributed by atoms with E-state index in [4.69, 9.17) is 27.9 Å². The molecule has 0 spiro atoms. The number of esters is 1. The van der Waals surface area contributed by atoms with Crippen molar-refractivity contribution in [1.82, 2.24) is 4.98 Å². The van der Waals surface area contributed by atoms with Gasteiger partial charge in [-0.3, -0.25) is 9.78 Å². The van der Waals surface area contributed by atoms with Gasteiger partial charge in [0, 0.05) is 28.1 Å². The number of hydrogen-bond acceptors (Lipinski definition) is 4. The molecule has 0 bridgehead atoms. The Hall–Kier alpha value is -2.11. The number of nitrogens with zero attached hydrogens (tertiary/aromatic N) is 1. The highest BCUT2D eigenvalue weighted by Crippen LogP contribution is 2.22. The van der Waals surface area contributed by atoms with Crippen molar-refractivity contribution in [3.05, 3.63) is 58.3 Å². The first kappa shape index (κ1) is 16.3. The number of nitrogens with one attached hydrogen (secondary N) is 1. The number of anilines is 1. The van der Waals surface area contributed by atoms with Crippen molar-refractivity contribution in [3.63, 3.8) is 0 Å². The summed E-state index contributed by atoms with van der Waals surface area (Å²) in [7, 11) is 0. The van der Waals surface area contributed by atoms with Gasteiger partial charge in [0.05, 0.1) is 5.56 Å². The number of halogens is 2. The normalized spacial score (nSPS) is 11.6. The largest absolute Gasteiger partial charge is 0.449 e. The van der Waals surface area contributed by atoms with Gasteiger partial charge < -0.3 is 10.1 Å². The molecular formula is C15H12Cl2N2O3. The van der Waals surface area contributed by atoms with E-state index in [1.807, 2.05) is 0 Å². The Morgan fingerprint density at radius 1 is 1.14 bits per heavy atom. The van der Waals surface area contributed by atoms with Gasteiger partial charge in [0.1, 0.15) is 0 Å². The topological polar surface area (TPSA) is 68.3 Å². The molecule has 1 aromatic carbocycles. The van der Waals surface area contributed by atoms with E-state index < -0.39 is 18.0 Å². The molecule has 5 nitrogen and oxygen atoms in total. The van der Waals surface area contributed by atoms with Crippen LogP contribution in [0.1, 0.15) is 17.3 Å². The van der Waals surface area contributed by atoms with Crippen LogP contribution in [0.5, 0.6) is 0 Å². The summed E-state index contributed by atoms with van der Waals surface area (Å²) in [4.78, 5) is 27.7. The Labute approximate surface area is 137 Å². The minimum Gasteiger partial charge on any atom is -0.449 e. The summed E-state index contributed by atoms with van der Waals surface area (Å²) >= 11 is 11.7. The molecule has 0 aliphatic carbocycles. The fourth-order valence-corrected chi connectivity index (χ4v) is 2.17. The number of benzene rings is 1. The highest BCUT2D eigenvalue weighted by atomic mass is 35.5. The lowest BCUT2D eigenvalue weighted by Crippen LogP contribution is -2.30. The zero-order valence-corrected chi connectivity index (χ0v) is 13.1. The molecule has 1 aromatic heterocycles. The predicted octanol–water partition coefficient (Wildman–Crippen LogP) is 3.57. The second kappa shape index (κ2) is 7.24. The summed E-state index contributed by atoms with van der Waals surface area (Å²) in [5, 5.41) is 3.37. The molecule has 22 heavy (non-hydrogen) atoms. The molecule has 0 fully saturated rings. The zero-order chi connectivity index (χ0) is 16.1. The third kappa shape index (κ3) is 4.44. The fourth-order valence-electron chi connectivity index (χ4n) is 1.64. The maximum absolute atomic E-state index is 12.0. The van der Waals surface area contributed by atoms with Gasteiger partial charge in [-0.2, -0.15) is 0 Å². The standard InChI is InChI=1S/C15H12Cl2N2O3/c1-9(22-15(21)10-2-4-18-5-3-10)14(20)19-13-7-11(16)6-12(17)8-13/h2-9H,1H3,(H,19,20)/t9-/m1/s1. The quantitative estimate of drug-likeness (QED) is 0.865. The number of hydrogen-bond donors (Lipinski definition) is 1. The molecule has 1 atom stereocenters. The van der Waals surface area contributed by atoms with Crippen LogP contribution in [0.4, 0.5) is 5.69 Å². The Morgan fingerprint density at radius 2 is 1.73 bits per heavy atom. The van der Waals surface area contributed by atoms with Crippen LogP contribution in [0.15, 0.2) is 42.7 Å². The third-order valence-corrected chi connectivity index (χ3v) is 3.14. The van der Waals surface area contributed by atoms with Gasteiger partial charge in [0.25, 0.3) is 5.91 Å². The molecule has 7 heteroatoms. The molecule has 0 unspecified atom stereocenters. The molecule has 2 aromatic rings. The van der Waals surface area contributed by atoms with Crippen molar-refractivity contribution < 1.29 is 14.3 Å². The highest BCUT2D eigenvalue weighted by molar-refractivity contribution is 6.35. The monoisotopic (exact) mass is 338 g/mol. The van der Waals surface area contributed by atoms with Gasteiger partial charge in [-0.25, -0.2) is 4.79 Å². The van der Waals surface area contributed by atoms with Crippen molar-refractivity contribution >= 4 is 40.8 Å². The summed E-state index contributed by atoms with van der Waals surface area (Å²) in [5.74, 6) is -1.09. The van der Waals surface area contributed by atoms with Crippen LogP contribution < -0.4 is 5.32 Å².